The molecule has 0 saturated carbocycles. The number of amides is 1. The maximum absolute atomic E-state index is 13.3. The molecule has 0 spiro atoms. The minimum atomic E-state index is -0.977. The molecule has 0 radical (unpaired) electrons. The van der Waals surface area contributed by atoms with E-state index >= 15 is 0 Å². The Hall–Kier alpha value is -1.20. The predicted octanol–water partition coefficient (Wildman–Crippen LogP) is 1.78. The van der Waals surface area contributed by atoms with Gasteiger partial charge >= 0.3 is 0 Å². The maximum atomic E-state index is 13.3. The molecule has 1 amide bonds. The number of halogens is 3. The monoisotopic (exact) mass is 278 g/mol. The average molecular weight is 279 g/mol. The van der Waals surface area contributed by atoms with Gasteiger partial charge in [-0.1, -0.05) is 12.1 Å². The number of benzene rings is 1. The molecular weight excluding hydrogens is 262 g/mol. The van der Waals surface area contributed by atoms with Gasteiger partial charge in [-0.25, -0.2) is 8.78 Å². The van der Waals surface area contributed by atoms with E-state index in [-0.39, 0.29) is 36.8 Å². The SMILES string of the molecule is CC(C)(N)CNC(=O)Cc1cccc(F)c1F.Cl. The van der Waals surface area contributed by atoms with Crippen molar-refractivity contribution in [2.24, 2.45) is 5.73 Å². The lowest BCUT2D eigenvalue weighted by molar-refractivity contribution is -0.120. The zero-order chi connectivity index (χ0) is 13.1. The molecule has 0 heterocycles. The first-order valence-corrected chi connectivity index (χ1v) is 5.28. The van der Waals surface area contributed by atoms with Gasteiger partial charge in [0.05, 0.1) is 6.42 Å². The van der Waals surface area contributed by atoms with Crippen molar-refractivity contribution in [3.8, 4) is 0 Å². The molecule has 0 aromatic heterocycles. The summed E-state index contributed by atoms with van der Waals surface area (Å²) in [7, 11) is 0. The zero-order valence-electron chi connectivity index (χ0n) is 10.3. The first kappa shape index (κ1) is 16.8. The number of rotatable bonds is 4. The van der Waals surface area contributed by atoms with Crippen molar-refractivity contribution < 1.29 is 13.6 Å². The minimum Gasteiger partial charge on any atom is -0.354 e. The summed E-state index contributed by atoms with van der Waals surface area (Å²) < 4.78 is 26.1. The van der Waals surface area contributed by atoms with Crippen molar-refractivity contribution in [1.82, 2.24) is 5.32 Å². The first-order chi connectivity index (χ1) is 7.79. The van der Waals surface area contributed by atoms with Crippen LogP contribution in [-0.4, -0.2) is 18.0 Å². The smallest absolute Gasteiger partial charge is 0.224 e. The van der Waals surface area contributed by atoms with E-state index in [0.29, 0.717) is 0 Å². The third kappa shape index (κ3) is 5.42. The van der Waals surface area contributed by atoms with Gasteiger partial charge in [-0.05, 0) is 19.9 Å². The molecule has 1 aromatic rings. The highest BCUT2D eigenvalue weighted by molar-refractivity contribution is 5.85. The Bertz CT molecular complexity index is 419. The molecule has 3 nitrogen and oxygen atoms in total. The van der Waals surface area contributed by atoms with Crippen molar-refractivity contribution in [3.05, 3.63) is 35.4 Å². The van der Waals surface area contributed by atoms with Crippen LogP contribution in [0.15, 0.2) is 18.2 Å². The Morgan fingerprint density at radius 3 is 2.56 bits per heavy atom. The van der Waals surface area contributed by atoms with Gasteiger partial charge in [0.15, 0.2) is 11.6 Å². The largest absolute Gasteiger partial charge is 0.354 e. The van der Waals surface area contributed by atoms with E-state index in [9.17, 15) is 13.6 Å². The lowest BCUT2D eigenvalue weighted by Crippen LogP contribution is -2.45. The number of nitrogens with two attached hydrogens (primary N) is 1. The van der Waals surface area contributed by atoms with Gasteiger partial charge in [-0.2, -0.15) is 0 Å². The third-order valence-electron chi connectivity index (χ3n) is 2.12. The molecule has 102 valence electrons. The lowest BCUT2D eigenvalue weighted by atomic mass is 10.1. The first-order valence-electron chi connectivity index (χ1n) is 5.28. The van der Waals surface area contributed by atoms with Crippen LogP contribution in [0.4, 0.5) is 8.78 Å². The van der Waals surface area contributed by atoms with Crippen molar-refractivity contribution >= 4 is 18.3 Å². The van der Waals surface area contributed by atoms with Crippen LogP contribution in [0.2, 0.25) is 0 Å². The molecule has 1 rings (SSSR count). The molecule has 6 heteroatoms. The molecule has 1 aromatic carbocycles. The molecule has 0 saturated heterocycles. The Kier molecular flexibility index (Phi) is 6.21. The predicted molar refractivity (Wildman–Crippen MR) is 68.6 cm³/mol. The van der Waals surface area contributed by atoms with E-state index in [2.05, 4.69) is 5.32 Å². The molecule has 0 fully saturated rings. The number of nitrogens with one attached hydrogen (secondary N) is 1. The summed E-state index contributed by atoms with van der Waals surface area (Å²) >= 11 is 0. The van der Waals surface area contributed by atoms with Gasteiger partial charge in [-0.15, -0.1) is 12.4 Å². The van der Waals surface area contributed by atoms with Gasteiger partial charge in [0.1, 0.15) is 0 Å². The number of carbonyl (C=O) groups excluding carboxylic acids is 1. The lowest BCUT2D eigenvalue weighted by Gasteiger charge is -2.18. The molecule has 0 aliphatic carbocycles. The molecule has 0 atom stereocenters. The van der Waals surface area contributed by atoms with E-state index in [1.807, 2.05) is 0 Å². The number of carbonyl (C=O) groups is 1. The van der Waals surface area contributed by atoms with E-state index in [0.717, 1.165) is 6.07 Å². The van der Waals surface area contributed by atoms with Gasteiger partial charge in [0, 0.05) is 17.6 Å². The van der Waals surface area contributed by atoms with Crippen LogP contribution in [0.1, 0.15) is 19.4 Å². The van der Waals surface area contributed by atoms with E-state index < -0.39 is 17.2 Å². The number of hydrogen-bond acceptors (Lipinski definition) is 2. The van der Waals surface area contributed by atoms with Crippen molar-refractivity contribution in [1.29, 1.82) is 0 Å². The molecule has 0 bridgehead atoms. The summed E-state index contributed by atoms with van der Waals surface area (Å²) in [5.41, 5.74) is 5.19. The third-order valence-corrected chi connectivity index (χ3v) is 2.12. The summed E-state index contributed by atoms with van der Waals surface area (Å²) in [5, 5.41) is 2.56. The molecular formula is C12H17ClF2N2O. The van der Waals surface area contributed by atoms with Crippen LogP contribution in [0.5, 0.6) is 0 Å². The molecule has 0 aliphatic heterocycles. The normalized spacial score (nSPS) is 10.7. The number of hydrogen-bond donors (Lipinski definition) is 2. The van der Waals surface area contributed by atoms with Crippen LogP contribution in [0, 0.1) is 11.6 Å². The summed E-state index contributed by atoms with van der Waals surface area (Å²) in [5.74, 6) is -2.31. The quantitative estimate of drug-likeness (QED) is 0.882. The van der Waals surface area contributed by atoms with Gasteiger partial charge in [0.2, 0.25) is 5.91 Å². The Labute approximate surface area is 111 Å². The van der Waals surface area contributed by atoms with Crippen LogP contribution in [0.25, 0.3) is 0 Å². The van der Waals surface area contributed by atoms with E-state index in [1.165, 1.54) is 12.1 Å². The van der Waals surface area contributed by atoms with Gasteiger partial charge in [0.25, 0.3) is 0 Å². The topological polar surface area (TPSA) is 55.1 Å². The second kappa shape index (κ2) is 6.66. The fourth-order valence-corrected chi connectivity index (χ4v) is 1.25. The molecule has 0 aliphatic rings. The summed E-state index contributed by atoms with van der Waals surface area (Å²) in [6.07, 6.45) is -0.195. The van der Waals surface area contributed by atoms with Crippen molar-refractivity contribution in [2.75, 3.05) is 6.54 Å². The highest BCUT2D eigenvalue weighted by Gasteiger charge is 2.14. The van der Waals surface area contributed by atoms with Crippen LogP contribution in [0.3, 0.4) is 0 Å². The standard InChI is InChI=1S/C12H16F2N2O.ClH/c1-12(2,15)7-16-10(17)6-8-4-3-5-9(13)11(8)14;/h3-5H,6-7,15H2,1-2H3,(H,16,17);1H. The Morgan fingerprint density at radius 2 is 2.00 bits per heavy atom. The minimum absolute atomic E-state index is 0. The average Bonchev–Trinajstić information content (AvgIpc) is 2.21. The second-order valence-corrected chi connectivity index (χ2v) is 4.66. The summed E-state index contributed by atoms with van der Waals surface area (Å²) in [6, 6.07) is 3.76. The highest BCUT2D eigenvalue weighted by Crippen LogP contribution is 2.11. The fourth-order valence-electron chi connectivity index (χ4n) is 1.25. The molecule has 3 N–H and O–H groups in total. The summed E-state index contributed by atoms with van der Waals surface area (Å²) in [4.78, 5) is 11.5. The Balaban J connectivity index is 0.00000289. The van der Waals surface area contributed by atoms with E-state index in [4.69, 9.17) is 5.73 Å². The van der Waals surface area contributed by atoms with Gasteiger partial charge in [-0.3, -0.25) is 4.79 Å². The van der Waals surface area contributed by atoms with E-state index in [1.54, 1.807) is 13.8 Å². The Morgan fingerprint density at radius 1 is 1.39 bits per heavy atom. The van der Waals surface area contributed by atoms with Crippen LogP contribution < -0.4 is 11.1 Å². The van der Waals surface area contributed by atoms with Crippen LogP contribution in [-0.2, 0) is 11.2 Å². The highest BCUT2D eigenvalue weighted by atomic mass is 35.5. The summed E-state index contributed by atoms with van der Waals surface area (Å²) in [6.45, 7) is 3.80. The second-order valence-electron chi connectivity index (χ2n) is 4.66. The molecule has 0 unspecified atom stereocenters. The van der Waals surface area contributed by atoms with Crippen molar-refractivity contribution in [3.63, 3.8) is 0 Å². The fraction of sp³-hybridized carbons (Fsp3) is 0.417. The maximum Gasteiger partial charge on any atom is 0.224 e. The van der Waals surface area contributed by atoms with Crippen LogP contribution >= 0.6 is 12.4 Å². The van der Waals surface area contributed by atoms with Gasteiger partial charge < -0.3 is 11.1 Å². The zero-order valence-corrected chi connectivity index (χ0v) is 11.1. The molecule has 18 heavy (non-hydrogen) atoms. The van der Waals surface area contributed by atoms with Crippen molar-refractivity contribution in [2.45, 2.75) is 25.8 Å².